The summed E-state index contributed by atoms with van der Waals surface area (Å²) < 4.78 is 33.8. The lowest BCUT2D eigenvalue weighted by Gasteiger charge is -2.08. The van der Waals surface area contributed by atoms with Crippen molar-refractivity contribution >= 4 is 16.0 Å². The van der Waals surface area contributed by atoms with Gasteiger partial charge in [0.1, 0.15) is 16.4 Å². The fourth-order valence-electron chi connectivity index (χ4n) is 1.75. The monoisotopic (exact) mass is 321 g/mol. The van der Waals surface area contributed by atoms with Crippen LogP contribution in [0.4, 0.5) is 0 Å². The third-order valence-electron chi connectivity index (χ3n) is 2.86. The molecule has 0 spiro atoms. The first-order chi connectivity index (χ1) is 10.4. The van der Waals surface area contributed by atoms with E-state index in [2.05, 4.69) is 0 Å². The van der Waals surface area contributed by atoms with Crippen molar-refractivity contribution in [2.75, 3.05) is 7.11 Å². The Morgan fingerprint density at radius 3 is 2.23 bits per heavy atom. The third-order valence-corrected chi connectivity index (χ3v) is 4.13. The molecular formula is C15H15NO5S. The zero-order valence-electron chi connectivity index (χ0n) is 11.8. The molecule has 0 bridgehead atoms. The molecule has 7 heteroatoms. The van der Waals surface area contributed by atoms with E-state index in [4.69, 9.17) is 14.3 Å². The summed E-state index contributed by atoms with van der Waals surface area (Å²) >= 11 is 0. The first-order valence-corrected chi connectivity index (χ1v) is 7.75. The number of hydrogen-bond donors (Lipinski definition) is 2. The maximum Gasteiger partial charge on any atom is 0.340 e. The van der Waals surface area contributed by atoms with Gasteiger partial charge in [0.05, 0.1) is 7.11 Å². The summed E-state index contributed by atoms with van der Waals surface area (Å²) in [6.07, 6.45) is 0.00959. The van der Waals surface area contributed by atoms with Gasteiger partial charge in [-0.2, -0.15) is 8.42 Å². The number of methoxy groups -OCH3 is 1. The van der Waals surface area contributed by atoms with E-state index in [1.807, 2.05) is 0 Å². The Morgan fingerprint density at radius 1 is 1.09 bits per heavy atom. The Labute approximate surface area is 128 Å². The van der Waals surface area contributed by atoms with Gasteiger partial charge < -0.3 is 14.0 Å². The van der Waals surface area contributed by atoms with E-state index in [9.17, 15) is 13.5 Å². The van der Waals surface area contributed by atoms with E-state index in [0.29, 0.717) is 11.3 Å². The second-order valence-electron chi connectivity index (χ2n) is 4.48. The van der Waals surface area contributed by atoms with Crippen molar-refractivity contribution in [3.63, 3.8) is 0 Å². The Hall–Kier alpha value is -2.54. The van der Waals surface area contributed by atoms with E-state index >= 15 is 0 Å². The van der Waals surface area contributed by atoms with Crippen molar-refractivity contribution in [1.82, 2.24) is 0 Å². The number of aromatic hydroxyl groups is 1. The Bertz CT molecular complexity index is 752. The van der Waals surface area contributed by atoms with Gasteiger partial charge in [-0.15, -0.1) is 0 Å². The van der Waals surface area contributed by atoms with E-state index in [0.717, 1.165) is 0 Å². The lowest BCUT2D eigenvalue weighted by molar-refractivity contribution is 0.414. The number of benzene rings is 2. The summed E-state index contributed by atoms with van der Waals surface area (Å²) in [5.41, 5.74) is 0.660. The minimum Gasteiger partial charge on any atom is -0.508 e. The minimum atomic E-state index is -4.04. The van der Waals surface area contributed by atoms with Gasteiger partial charge in [-0.05, 0) is 42.0 Å². The molecule has 0 atom stereocenters. The molecule has 0 aliphatic heterocycles. The van der Waals surface area contributed by atoms with E-state index < -0.39 is 16.0 Å². The smallest absolute Gasteiger partial charge is 0.340 e. The maximum absolute atomic E-state index is 12.0. The topological polar surface area (TPSA) is 96.7 Å². The van der Waals surface area contributed by atoms with Crippen molar-refractivity contribution < 1.29 is 22.4 Å². The van der Waals surface area contributed by atoms with Crippen molar-refractivity contribution in [2.45, 2.75) is 11.3 Å². The number of ether oxygens (including phenoxy) is 1. The zero-order valence-corrected chi connectivity index (χ0v) is 12.6. The van der Waals surface area contributed by atoms with Gasteiger partial charge in [0, 0.05) is 6.42 Å². The van der Waals surface area contributed by atoms with Crippen LogP contribution >= 0.6 is 0 Å². The van der Waals surface area contributed by atoms with Gasteiger partial charge >= 0.3 is 10.1 Å². The van der Waals surface area contributed by atoms with Gasteiger partial charge in [0.25, 0.3) is 0 Å². The van der Waals surface area contributed by atoms with Crippen LogP contribution in [-0.4, -0.2) is 26.5 Å². The molecule has 0 aliphatic rings. The number of phenols is 1. The molecule has 6 nitrogen and oxygen atoms in total. The summed E-state index contributed by atoms with van der Waals surface area (Å²) in [4.78, 5) is -0.0521. The lowest BCUT2D eigenvalue weighted by Crippen LogP contribution is -2.14. The SMILES string of the molecule is COc1ccc(S(=O)(=O)OC(=N)Cc2ccc(O)cc2)cc1. The van der Waals surface area contributed by atoms with E-state index in [1.165, 1.54) is 43.5 Å². The Balaban J connectivity index is 2.07. The van der Waals surface area contributed by atoms with Crippen LogP contribution < -0.4 is 4.74 Å². The molecule has 2 aromatic carbocycles. The molecule has 22 heavy (non-hydrogen) atoms. The van der Waals surface area contributed by atoms with Crippen molar-refractivity contribution in [3.8, 4) is 11.5 Å². The number of phenolic OH excluding ortho intramolecular Hbond substituents is 1. The predicted molar refractivity (Wildman–Crippen MR) is 80.8 cm³/mol. The molecule has 0 unspecified atom stereocenters. The van der Waals surface area contributed by atoms with Gasteiger partial charge in [0.2, 0.25) is 5.90 Å². The van der Waals surface area contributed by atoms with Gasteiger partial charge in [-0.25, -0.2) is 0 Å². The van der Waals surface area contributed by atoms with Crippen LogP contribution in [-0.2, 0) is 20.7 Å². The molecule has 2 N–H and O–H groups in total. The average Bonchev–Trinajstić information content (AvgIpc) is 2.49. The normalized spacial score (nSPS) is 11.0. The Morgan fingerprint density at radius 2 is 1.68 bits per heavy atom. The van der Waals surface area contributed by atoms with Crippen LogP contribution in [0.2, 0.25) is 0 Å². The van der Waals surface area contributed by atoms with Crippen molar-refractivity contribution in [1.29, 1.82) is 5.41 Å². The van der Waals surface area contributed by atoms with E-state index in [1.54, 1.807) is 12.1 Å². The molecule has 0 aliphatic carbocycles. The summed E-state index contributed by atoms with van der Waals surface area (Å²) in [6.45, 7) is 0. The van der Waals surface area contributed by atoms with Crippen molar-refractivity contribution in [2.24, 2.45) is 0 Å². The fourth-order valence-corrected chi connectivity index (χ4v) is 2.64. The molecule has 0 amide bonds. The first-order valence-electron chi connectivity index (χ1n) is 6.34. The standard InChI is InChI=1S/C15H15NO5S/c1-20-13-6-8-14(9-7-13)22(18,19)21-15(16)10-11-2-4-12(17)5-3-11/h2-9,16-17H,10H2,1H3. The minimum absolute atomic E-state index is 0.00959. The number of rotatable bonds is 5. The highest BCUT2D eigenvalue weighted by molar-refractivity contribution is 7.87. The summed E-state index contributed by atoms with van der Waals surface area (Å²) in [6, 6.07) is 11.8. The molecule has 0 saturated carbocycles. The van der Waals surface area contributed by atoms with Crippen LogP contribution in [0.3, 0.4) is 0 Å². The molecule has 0 fully saturated rings. The molecule has 2 rings (SSSR count). The molecule has 0 heterocycles. The van der Waals surface area contributed by atoms with Crippen LogP contribution in [0.5, 0.6) is 11.5 Å². The second-order valence-corrected chi connectivity index (χ2v) is 6.03. The number of hydrogen-bond acceptors (Lipinski definition) is 6. The highest BCUT2D eigenvalue weighted by Crippen LogP contribution is 2.18. The number of nitrogens with one attached hydrogen (secondary N) is 1. The largest absolute Gasteiger partial charge is 0.508 e. The highest BCUT2D eigenvalue weighted by atomic mass is 32.2. The van der Waals surface area contributed by atoms with Gasteiger partial charge in [-0.1, -0.05) is 12.1 Å². The lowest BCUT2D eigenvalue weighted by atomic mass is 10.1. The molecule has 116 valence electrons. The quantitative estimate of drug-likeness (QED) is 0.500. The van der Waals surface area contributed by atoms with E-state index in [-0.39, 0.29) is 17.1 Å². The highest BCUT2D eigenvalue weighted by Gasteiger charge is 2.18. The molecule has 0 radical (unpaired) electrons. The van der Waals surface area contributed by atoms with Gasteiger partial charge in [-0.3, -0.25) is 5.41 Å². The average molecular weight is 321 g/mol. The fraction of sp³-hybridized carbons (Fsp3) is 0.133. The van der Waals surface area contributed by atoms with Crippen LogP contribution in [0.15, 0.2) is 53.4 Å². The van der Waals surface area contributed by atoms with Crippen molar-refractivity contribution in [3.05, 3.63) is 54.1 Å². The maximum atomic E-state index is 12.0. The predicted octanol–water partition coefficient (Wildman–Crippen LogP) is 2.33. The Kier molecular flexibility index (Phi) is 4.67. The first kappa shape index (κ1) is 15.8. The molecular weight excluding hydrogens is 306 g/mol. The summed E-state index contributed by atoms with van der Waals surface area (Å²) in [5, 5.41) is 16.9. The molecule has 2 aromatic rings. The van der Waals surface area contributed by atoms with Gasteiger partial charge in [0.15, 0.2) is 0 Å². The van der Waals surface area contributed by atoms with Crippen LogP contribution in [0, 0.1) is 5.41 Å². The summed E-state index contributed by atoms with van der Waals surface area (Å²) in [7, 11) is -2.56. The molecule has 0 aromatic heterocycles. The van der Waals surface area contributed by atoms with Crippen LogP contribution in [0.25, 0.3) is 0 Å². The zero-order chi connectivity index (χ0) is 16.2. The third kappa shape index (κ3) is 3.98. The summed E-state index contributed by atoms with van der Waals surface area (Å²) in [5.74, 6) is 0.224. The molecule has 0 saturated heterocycles. The van der Waals surface area contributed by atoms with Crippen LogP contribution in [0.1, 0.15) is 5.56 Å². The second kappa shape index (κ2) is 6.48.